The SMILES string of the molecule is CCCC(F)OC(=O)[C@H]1C[C@@H](N)CN1CC(CC)CNC(C)=O. The van der Waals surface area contributed by atoms with Crippen LogP contribution < -0.4 is 11.1 Å². The molecular weight excluding hydrogens is 301 g/mol. The first-order valence-corrected chi connectivity index (χ1v) is 8.45. The lowest BCUT2D eigenvalue weighted by Crippen LogP contribution is -2.43. The van der Waals surface area contributed by atoms with Gasteiger partial charge < -0.3 is 15.8 Å². The minimum Gasteiger partial charge on any atom is -0.430 e. The second-order valence-corrected chi connectivity index (χ2v) is 6.31. The fourth-order valence-electron chi connectivity index (χ4n) is 2.83. The van der Waals surface area contributed by atoms with Gasteiger partial charge in [-0.15, -0.1) is 0 Å². The summed E-state index contributed by atoms with van der Waals surface area (Å²) in [4.78, 5) is 25.2. The largest absolute Gasteiger partial charge is 0.430 e. The van der Waals surface area contributed by atoms with Crippen LogP contribution >= 0.6 is 0 Å². The average Bonchev–Trinajstić information content (AvgIpc) is 2.84. The van der Waals surface area contributed by atoms with Gasteiger partial charge in [0.05, 0.1) is 0 Å². The number of hydrogen-bond acceptors (Lipinski definition) is 5. The van der Waals surface area contributed by atoms with E-state index in [2.05, 4.69) is 5.32 Å². The normalized spacial score (nSPS) is 24.2. The molecule has 1 rings (SSSR count). The lowest BCUT2D eigenvalue weighted by Gasteiger charge is -2.27. The number of likely N-dealkylation sites (tertiary alicyclic amines) is 1. The van der Waals surface area contributed by atoms with Crippen LogP contribution in [-0.4, -0.2) is 54.9 Å². The number of hydrogen-bond donors (Lipinski definition) is 2. The highest BCUT2D eigenvalue weighted by atomic mass is 19.1. The van der Waals surface area contributed by atoms with Gasteiger partial charge in [0.15, 0.2) is 0 Å². The molecule has 1 saturated heterocycles. The fourth-order valence-corrected chi connectivity index (χ4v) is 2.83. The maximum absolute atomic E-state index is 13.5. The summed E-state index contributed by atoms with van der Waals surface area (Å²) >= 11 is 0. The van der Waals surface area contributed by atoms with Gasteiger partial charge in [0, 0.05) is 39.0 Å². The van der Waals surface area contributed by atoms with Gasteiger partial charge in [-0.3, -0.25) is 14.5 Å². The molecule has 1 aliphatic heterocycles. The summed E-state index contributed by atoms with van der Waals surface area (Å²) in [7, 11) is 0. The Morgan fingerprint density at radius 2 is 2.13 bits per heavy atom. The van der Waals surface area contributed by atoms with Crippen LogP contribution in [0.5, 0.6) is 0 Å². The Hall–Kier alpha value is -1.21. The number of nitrogens with one attached hydrogen (secondary N) is 1. The predicted molar refractivity (Wildman–Crippen MR) is 86.3 cm³/mol. The van der Waals surface area contributed by atoms with Crippen molar-refractivity contribution in [2.24, 2.45) is 11.7 Å². The van der Waals surface area contributed by atoms with Crippen LogP contribution in [0.2, 0.25) is 0 Å². The summed E-state index contributed by atoms with van der Waals surface area (Å²) in [6, 6.07) is -0.610. The summed E-state index contributed by atoms with van der Waals surface area (Å²) in [6.07, 6.45) is 0.637. The number of carbonyl (C=O) groups excluding carboxylic acids is 2. The van der Waals surface area contributed by atoms with E-state index in [1.807, 2.05) is 18.7 Å². The van der Waals surface area contributed by atoms with Crippen LogP contribution in [0, 0.1) is 5.92 Å². The number of amides is 1. The molecule has 7 heteroatoms. The van der Waals surface area contributed by atoms with Crippen molar-refractivity contribution >= 4 is 11.9 Å². The van der Waals surface area contributed by atoms with Crippen LogP contribution in [0.1, 0.15) is 46.5 Å². The number of halogens is 1. The zero-order valence-electron chi connectivity index (χ0n) is 14.4. The number of nitrogens with two attached hydrogens (primary N) is 1. The molecule has 6 nitrogen and oxygen atoms in total. The summed E-state index contributed by atoms with van der Waals surface area (Å²) in [6.45, 7) is 7.13. The lowest BCUT2D eigenvalue weighted by atomic mass is 10.1. The van der Waals surface area contributed by atoms with Crippen molar-refractivity contribution in [2.45, 2.75) is 64.9 Å². The van der Waals surface area contributed by atoms with Gasteiger partial charge >= 0.3 is 5.97 Å². The Labute approximate surface area is 137 Å². The van der Waals surface area contributed by atoms with Gasteiger partial charge in [-0.05, 0) is 18.8 Å². The Kier molecular flexibility index (Phi) is 8.47. The molecule has 0 radical (unpaired) electrons. The highest BCUT2D eigenvalue weighted by molar-refractivity contribution is 5.76. The summed E-state index contributed by atoms with van der Waals surface area (Å²) in [5.74, 6) is -0.387. The van der Waals surface area contributed by atoms with Crippen LogP contribution in [0.15, 0.2) is 0 Å². The van der Waals surface area contributed by atoms with E-state index in [1.165, 1.54) is 6.92 Å². The third-order valence-corrected chi connectivity index (χ3v) is 4.18. The van der Waals surface area contributed by atoms with E-state index < -0.39 is 18.4 Å². The molecule has 2 unspecified atom stereocenters. The van der Waals surface area contributed by atoms with Crippen LogP contribution in [-0.2, 0) is 14.3 Å². The first kappa shape index (κ1) is 19.8. The van der Waals surface area contributed by atoms with E-state index in [0.717, 1.165) is 6.42 Å². The zero-order chi connectivity index (χ0) is 17.4. The zero-order valence-corrected chi connectivity index (χ0v) is 14.4. The molecule has 4 atom stereocenters. The molecule has 23 heavy (non-hydrogen) atoms. The van der Waals surface area contributed by atoms with Crippen molar-refractivity contribution < 1.29 is 18.7 Å². The Balaban J connectivity index is 2.60. The van der Waals surface area contributed by atoms with Crippen molar-refractivity contribution in [3.63, 3.8) is 0 Å². The standard InChI is InChI=1S/C16H30FN3O3/c1-4-6-15(17)23-16(22)14-7-13(18)10-20(14)9-12(5-2)8-19-11(3)21/h12-15H,4-10,18H2,1-3H3,(H,19,21)/t12?,13-,14-,15?/m1/s1. The molecule has 1 aliphatic rings. The molecule has 0 aromatic rings. The fraction of sp³-hybridized carbons (Fsp3) is 0.875. The first-order valence-electron chi connectivity index (χ1n) is 8.45. The van der Waals surface area contributed by atoms with E-state index in [9.17, 15) is 14.0 Å². The summed E-state index contributed by atoms with van der Waals surface area (Å²) < 4.78 is 18.4. The van der Waals surface area contributed by atoms with E-state index >= 15 is 0 Å². The van der Waals surface area contributed by atoms with Crippen molar-refractivity contribution in [3.05, 3.63) is 0 Å². The number of rotatable bonds is 9. The molecule has 1 fully saturated rings. The van der Waals surface area contributed by atoms with E-state index in [-0.39, 0.29) is 24.3 Å². The number of alkyl halides is 1. The summed E-state index contributed by atoms with van der Waals surface area (Å²) in [5.41, 5.74) is 5.97. The highest BCUT2D eigenvalue weighted by Gasteiger charge is 2.37. The second-order valence-electron chi connectivity index (χ2n) is 6.31. The van der Waals surface area contributed by atoms with Crippen molar-refractivity contribution in [1.82, 2.24) is 10.2 Å². The second kappa shape index (κ2) is 9.82. The van der Waals surface area contributed by atoms with Gasteiger partial charge in [-0.1, -0.05) is 20.3 Å². The number of ether oxygens (including phenoxy) is 1. The minimum absolute atomic E-state index is 0.0719. The van der Waals surface area contributed by atoms with Crippen LogP contribution in [0.4, 0.5) is 4.39 Å². The quantitative estimate of drug-likeness (QED) is 0.620. The maximum Gasteiger partial charge on any atom is 0.325 e. The number of nitrogens with zero attached hydrogens (tertiary/aromatic N) is 1. The van der Waals surface area contributed by atoms with E-state index in [1.54, 1.807) is 0 Å². The van der Waals surface area contributed by atoms with Gasteiger partial charge in [0.2, 0.25) is 12.3 Å². The molecule has 1 heterocycles. The van der Waals surface area contributed by atoms with Gasteiger partial charge in [0.25, 0.3) is 0 Å². The molecule has 3 N–H and O–H groups in total. The van der Waals surface area contributed by atoms with E-state index in [4.69, 9.17) is 10.5 Å². The molecule has 0 saturated carbocycles. The van der Waals surface area contributed by atoms with Crippen LogP contribution in [0.3, 0.4) is 0 Å². The third-order valence-electron chi connectivity index (χ3n) is 4.18. The Morgan fingerprint density at radius 1 is 1.43 bits per heavy atom. The molecular formula is C16H30FN3O3. The number of esters is 1. The molecule has 0 aromatic carbocycles. The van der Waals surface area contributed by atoms with E-state index in [0.29, 0.717) is 32.5 Å². The predicted octanol–water partition coefficient (Wildman–Crippen LogP) is 1.19. The Bertz CT molecular complexity index is 395. The molecule has 1 amide bonds. The molecule has 0 aliphatic carbocycles. The molecule has 0 spiro atoms. The first-order chi connectivity index (χ1) is 10.9. The van der Waals surface area contributed by atoms with Gasteiger partial charge in [-0.25, -0.2) is 4.39 Å². The number of carbonyl (C=O) groups is 2. The smallest absolute Gasteiger partial charge is 0.325 e. The maximum atomic E-state index is 13.5. The minimum atomic E-state index is -1.55. The molecule has 0 aromatic heterocycles. The van der Waals surface area contributed by atoms with Crippen LogP contribution in [0.25, 0.3) is 0 Å². The van der Waals surface area contributed by atoms with Gasteiger partial charge in [0.1, 0.15) is 6.04 Å². The van der Waals surface area contributed by atoms with Crippen molar-refractivity contribution in [1.29, 1.82) is 0 Å². The monoisotopic (exact) mass is 331 g/mol. The lowest BCUT2D eigenvalue weighted by molar-refractivity contribution is -0.164. The third kappa shape index (κ3) is 6.83. The van der Waals surface area contributed by atoms with Crippen molar-refractivity contribution in [2.75, 3.05) is 19.6 Å². The Morgan fingerprint density at radius 3 is 2.70 bits per heavy atom. The average molecular weight is 331 g/mol. The topological polar surface area (TPSA) is 84.7 Å². The van der Waals surface area contributed by atoms with Gasteiger partial charge in [-0.2, -0.15) is 0 Å². The molecule has 0 bridgehead atoms. The molecule has 134 valence electrons. The summed E-state index contributed by atoms with van der Waals surface area (Å²) in [5, 5.41) is 2.80. The highest BCUT2D eigenvalue weighted by Crippen LogP contribution is 2.21. The van der Waals surface area contributed by atoms with Crippen molar-refractivity contribution in [3.8, 4) is 0 Å².